The summed E-state index contributed by atoms with van der Waals surface area (Å²) in [6, 6.07) is 13.2. The van der Waals surface area contributed by atoms with Gasteiger partial charge in [0.15, 0.2) is 15.5 Å². The summed E-state index contributed by atoms with van der Waals surface area (Å²) in [5.41, 5.74) is 1.83. The maximum Gasteiger partial charge on any atom is 0.274 e. The Bertz CT molecular complexity index is 1530. The monoisotopic (exact) mass is 567 g/mol. The molecule has 36 heavy (non-hydrogen) atoms. The van der Waals surface area contributed by atoms with Crippen LogP contribution < -0.4 is 0 Å². The van der Waals surface area contributed by atoms with Crippen molar-refractivity contribution in [3.05, 3.63) is 87.2 Å². The Labute approximate surface area is 220 Å². The van der Waals surface area contributed by atoms with Crippen LogP contribution in [0.1, 0.15) is 33.6 Å². The number of hydrogen-bond acceptors (Lipinski definition) is 7. The molecule has 8 nitrogen and oxygen atoms in total. The SMILES string of the molecule is Cc1cccc(CS(=O)(=O)c2ncc(Cl)c(C(=O)N(Cc3cccc(Cl)c3)C3CCS(=O)(=O)C3)n2)c1. The van der Waals surface area contributed by atoms with E-state index in [1.807, 2.05) is 13.0 Å². The summed E-state index contributed by atoms with van der Waals surface area (Å²) in [4.78, 5) is 23.0. The van der Waals surface area contributed by atoms with Crippen LogP contribution in [-0.2, 0) is 32.0 Å². The molecule has 1 aliphatic rings. The Hall–Kier alpha value is -2.53. The number of sulfone groups is 2. The van der Waals surface area contributed by atoms with Gasteiger partial charge in [0.1, 0.15) is 0 Å². The second-order valence-electron chi connectivity index (χ2n) is 8.72. The lowest BCUT2D eigenvalue weighted by atomic mass is 10.1. The first-order valence-electron chi connectivity index (χ1n) is 11.0. The van der Waals surface area contributed by atoms with Crippen molar-refractivity contribution >= 4 is 48.8 Å². The van der Waals surface area contributed by atoms with Crippen LogP contribution in [-0.4, -0.2) is 55.2 Å². The number of hydrogen-bond donors (Lipinski definition) is 0. The fourth-order valence-electron chi connectivity index (χ4n) is 4.09. The lowest BCUT2D eigenvalue weighted by Gasteiger charge is -2.28. The van der Waals surface area contributed by atoms with Gasteiger partial charge in [0, 0.05) is 17.6 Å². The van der Waals surface area contributed by atoms with E-state index in [2.05, 4.69) is 9.97 Å². The van der Waals surface area contributed by atoms with Gasteiger partial charge in [-0.2, -0.15) is 0 Å². The van der Waals surface area contributed by atoms with E-state index in [0.29, 0.717) is 16.1 Å². The van der Waals surface area contributed by atoms with Gasteiger partial charge in [0.05, 0.1) is 28.5 Å². The molecular formula is C24H23Cl2N3O5S2. The van der Waals surface area contributed by atoms with Gasteiger partial charge in [-0.25, -0.2) is 26.8 Å². The largest absolute Gasteiger partial charge is 0.329 e. The molecule has 0 spiro atoms. The maximum atomic E-state index is 13.7. The van der Waals surface area contributed by atoms with Crippen LogP contribution in [0.25, 0.3) is 0 Å². The van der Waals surface area contributed by atoms with E-state index in [-0.39, 0.29) is 40.9 Å². The average molecular weight is 569 g/mol. The highest BCUT2D eigenvalue weighted by molar-refractivity contribution is 7.91. The van der Waals surface area contributed by atoms with Gasteiger partial charge in [-0.05, 0) is 36.6 Å². The van der Waals surface area contributed by atoms with E-state index in [9.17, 15) is 21.6 Å². The molecular weight excluding hydrogens is 545 g/mol. The standard InChI is InChI=1S/C24H23Cl2N3O5S2/c1-16-4-2-6-18(10-16)14-36(33,34)24-27-12-21(26)22(28-24)23(30)29(20-8-9-35(31,32)15-20)13-17-5-3-7-19(25)11-17/h2-7,10-12,20H,8-9,13-15H2,1H3. The number of benzene rings is 2. The summed E-state index contributed by atoms with van der Waals surface area (Å²) in [6.45, 7) is 1.90. The Balaban J connectivity index is 1.69. The van der Waals surface area contributed by atoms with Crippen LogP contribution in [0.5, 0.6) is 0 Å². The molecule has 0 N–H and O–H groups in total. The molecule has 190 valence electrons. The lowest BCUT2D eigenvalue weighted by molar-refractivity contribution is 0.0674. The van der Waals surface area contributed by atoms with Gasteiger partial charge >= 0.3 is 0 Å². The highest BCUT2D eigenvalue weighted by Crippen LogP contribution is 2.26. The zero-order valence-electron chi connectivity index (χ0n) is 19.3. The first-order chi connectivity index (χ1) is 16.9. The molecule has 4 rings (SSSR count). The third kappa shape index (κ3) is 6.23. The van der Waals surface area contributed by atoms with E-state index in [0.717, 1.165) is 11.8 Å². The number of carbonyl (C=O) groups is 1. The predicted molar refractivity (Wildman–Crippen MR) is 137 cm³/mol. The summed E-state index contributed by atoms with van der Waals surface area (Å²) in [6.07, 6.45) is 1.32. The third-order valence-electron chi connectivity index (χ3n) is 5.79. The molecule has 12 heteroatoms. The van der Waals surface area contributed by atoms with Gasteiger partial charge in [-0.1, -0.05) is 65.2 Å². The number of aryl methyl sites for hydroxylation is 1. The number of rotatable bonds is 7. The molecule has 2 aromatic carbocycles. The minimum absolute atomic E-state index is 0.0469. The molecule has 1 saturated heterocycles. The molecule has 3 aromatic rings. The van der Waals surface area contributed by atoms with Crippen LogP contribution in [0.15, 0.2) is 59.9 Å². The van der Waals surface area contributed by atoms with Crippen molar-refractivity contribution < 1.29 is 21.6 Å². The normalized spacial score (nSPS) is 17.1. The number of amides is 1. The van der Waals surface area contributed by atoms with Gasteiger partial charge in [-0.3, -0.25) is 4.79 Å². The zero-order valence-corrected chi connectivity index (χ0v) is 22.4. The van der Waals surface area contributed by atoms with E-state index in [4.69, 9.17) is 23.2 Å². The molecule has 0 radical (unpaired) electrons. The van der Waals surface area contributed by atoms with Gasteiger partial charge in [0.25, 0.3) is 5.91 Å². The van der Waals surface area contributed by atoms with Crippen LogP contribution in [0.4, 0.5) is 0 Å². The van der Waals surface area contributed by atoms with E-state index in [1.54, 1.807) is 42.5 Å². The molecule has 1 unspecified atom stereocenters. The van der Waals surface area contributed by atoms with Crippen molar-refractivity contribution in [1.82, 2.24) is 14.9 Å². The highest BCUT2D eigenvalue weighted by Gasteiger charge is 2.36. The van der Waals surface area contributed by atoms with Crippen LogP contribution in [0, 0.1) is 6.92 Å². The molecule has 1 aliphatic heterocycles. The predicted octanol–water partition coefficient (Wildman–Crippen LogP) is 3.90. The van der Waals surface area contributed by atoms with Crippen molar-refractivity contribution in [3.63, 3.8) is 0 Å². The molecule has 0 saturated carbocycles. The van der Waals surface area contributed by atoms with Crippen LogP contribution >= 0.6 is 23.2 Å². The summed E-state index contributed by atoms with van der Waals surface area (Å²) in [5, 5.41) is -0.200. The minimum atomic E-state index is -4.00. The van der Waals surface area contributed by atoms with Crippen molar-refractivity contribution in [2.45, 2.75) is 36.8 Å². The van der Waals surface area contributed by atoms with Gasteiger partial charge in [-0.15, -0.1) is 0 Å². The smallest absolute Gasteiger partial charge is 0.274 e. The van der Waals surface area contributed by atoms with E-state index >= 15 is 0 Å². The fraction of sp³-hybridized carbons (Fsp3) is 0.292. The summed E-state index contributed by atoms with van der Waals surface area (Å²) < 4.78 is 50.4. The van der Waals surface area contributed by atoms with E-state index < -0.39 is 36.8 Å². The summed E-state index contributed by atoms with van der Waals surface area (Å²) in [5.74, 6) is -1.29. The maximum absolute atomic E-state index is 13.7. The van der Waals surface area contributed by atoms with Gasteiger partial charge in [0.2, 0.25) is 15.0 Å². The fourth-order valence-corrected chi connectivity index (χ4v) is 7.40. The first kappa shape index (κ1) is 26.5. The van der Waals surface area contributed by atoms with Crippen molar-refractivity contribution in [2.75, 3.05) is 11.5 Å². The lowest BCUT2D eigenvalue weighted by Crippen LogP contribution is -2.41. The Morgan fingerprint density at radius 1 is 1.11 bits per heavy atom. The quantitative estimate of drug-likeness (QED) is 0.397. The van der Waals surface area contributed by atoms with Crippen molar-refractivity contribution in [2.24, 2.45) is 0 Å². The van der Waals surface area contributed by atoms with Gasteiger partial charge < -0.3 is 4.90 Å². The second kappa shape index (κ2) is 10.5. The Morgan fingerprint density at radius 2 is 1.83 bits per heavy atom. The molecule has 1 amide bonds. The second-order valence-corrected chi connectivity index (χ2v) is 13.7. The van der Waals surface area contributed by atoms with Crippen molar-refractivity contribution in [1.29, 1.82) is 0 Å². The topological polar surface area (TPSA) is 114 Å². The van der Waals surface area contributed by atoms with Crippen molar-refractivity contribution in [3.8, 4) is 0 Å². The average Bonchev–Trinajstić information content (AvgIpc) is 3.16. The summed E-state index contributed by atoms with van der Waals surface area (Å²) in [7, 11) is -7.31. The minimum Gasteiger partial charge on any atom is -0.329 e. The number of halogens is 2. The summed E-state index contributed by atoms with van der Waals surface area (Å²) >= 11 is 12.3. The number of nitrogens with zero attached hydrogens (tertiary/aromatic N) is 3. The van der Waals surface area contributed by atoms with E-state index in [1.165, 1.54) is 4.90 Å². The van der Waals surface area contributed by atoms with Crippen LogP contribution in [0.3, 0.4) is 0 Å². The zero-order chi connectivity index (χ0) is 26.1. The number of carbonyl (C=O) groups excluding carboxylic acids is 1. The molecule has 2 heterocycles. The molecule has 0 aliphatic carbocycles. The Kier molecular flexibility index (Phi) is 7.70. The first-order valence-corrected chi connectivity index (χ1v) is 15.2. The molecule has 1 atom stereocenters. The number of aromatic nitrogens is 2. The third-order valence-corrected chi connectivity index (χ3v) is 9.52. The molecule has 0 bridgehead atoms. The highest BCUT2D eigenvalue weighted by atomic mass is 35.5. The Morgan fingerprint density at radius 3 is 2.50 bits per heavy atom. The molecule has 1 aromatic heterocycles. The molecule has 1 fully saturated rings. The van der Waals surface area contributed by atoms with Crippen LogP contribution in [0.2, 0.25) is 10.0 Å².